The summed E-state index contributed by atoms with van der Waals surface area (Å²) in [4.78, 5) is 24.6. The first-order chi connectivity index (χ1) is 8.40. The fraction of sp³-hybridized carbons (Fsp3) is 0.846. The maximum Gasteiger partial charge on any atom is 0.303 e. The number of hydrogen-bond acceptors (Lipinski definition) is 3. The van der Waals surface area contributed by atoms with Crippen molar-refractivity contribution in [2.75, 3.05) is 13.1 Å². The molecule has 0 aromatic heterocycles. The molecule has 0 saturated carbocycles. The van der Waals surface area contributed by atoms with Gasteiger partial charge in [0.25, 0.3) is 0 Å². The summed E-state index contributed by atoms with van der Waals surface area (Å²) in [6.45, 7) is 5.32. The largest absolute Gasteiger partial charge is 0.481 e. The van der Waals surface area contributed by atoms with E-state index >= 15 is 0 Å². The summed E-state index contributed by atoms with van der Waals surface area (Å²) < 4.78 is 0. The average molecular weight is 256 g/mol. The molecule has 5 heteroatoms. The molecule has 18 heavy (non-hydrogen) atoms. The van der Waals surface area contributed by atoms with Gasteiger partial charge in [0.2, 0.25) is 5.91 Å². The van der Waals surface area contributed by atoms with E-state index in [4.69, 9.17) is 10.8 Å². The predicted molar refractivity (Wildman–Crippen MR) is 69.0 cm³/mol. The van der Waals surface area contributed by atoms with Crippen LogP contribution in [0.25, 0.3) is 0 Å². The van der Waals surface area contributed by atoms with Gasteiger partial charge in [-0.3, -0.25) is 9.59 Å². The lowest BCUT2D eigenvalue weighted by molar-refractivity contribution is -0.141. The molecule has 104 valence electrons. The number of hydrogen-bond donors (Lipinski definition) is 2. The molecule has 0 spiro atoms. The average Bonchev–Trinajstić information content (AvgIpc) is 2.26. The van der Waals surface area contributed by atoms with E-state index in [1.165, 1.54) is 0 Å². The highest BCUT2D eigenvalue weighted by Crippen LogP contribution is 2.20. The third-order valence-electron chi connectivity index (χ3n) is 3.34. The summed E-state index contributed by atoms with van der Waals surface area (Å²) >= 11 is 0. The molecule has 1 rings (SSSR count). The molecule has 1 aliphatic rings. The van der Waals surface area contributed by atoms with E-state index in [-0.39, 0.29) is 18.2 Å². The molecular weight excluding hydrogens is 232 g/mol. The number of piperidine rings is 1. The Bertz CT molecular complexity index is 305. The second-order valence-electron chi connectivity index (χ2n) is 5.63. The van der Waals surface area contributed by atoms with Gasteiger partial charge in [-0.1, -0.05) is 13.8 Å². The summed E-state index contributed by atoms with van der Waals surface area (Å²) in [6.07, 6.45) is 2.58. The van der Waals surface area contributed by atoms with Crippen LogP contribution in [0.15, 0.2) is 0 Å². The van der Waals surface area contributed by atoms with Gasteiger partial charge in [-0.25, -0.2) is 0 Å². The van der Waals surface area contributed by atoms with Crippen LogP contribution in [0.2, 0.25) is 0 Å². The Labute approximate surface area is 108 Å². The van der Waals surface area contributed by atoms with Crippen LogP contribution < -0.4 is 5.73 Å². The summed E-state index contributed by atoms with van der Waals surface area (Å²) in [5.41, 5.74) is 5.89. The molecule has 0 bridgehead atoms. The smallest absolute Gasteiger partial charge is 0.303 e. The van der Waals surface area contributed by atoms with Gasteiger partial charge in [-0.05, 0) is 31.1 Å². The summed E-state index contributed by atoms with van der Waals surface area (Å²) in [7, 11) is 0. The Hall–Kier alpha value is -1.10. The van der Waals surface area contributed by atoms with Crippen LogP contribution in [-0.4, -0.2) is 41.0 Å². The monoisotopic (exact) mass is 256 g/mol. The normalized spacial score (nSPS) is 22.0. The maximum absolute atomic E-state index is 12.1. The van der Waals surface area contributed by atoms with Crippen LogP contribution in [-0.2, 0) is 9.59 Å². The minimum absolute atomic E-state index is 0.0289. The molecule has 0 radical (unpaired) electrons. The second kappa shape index (κ2) is 6.73. The Kier molecular flexibility index (Phi) is 5.59. The number of carbonyl (C=O) groups is 2. The van der Waals surface area contributed by atoms with E-state index in [9.17, 15) is 9.59 Å². The van der Waals surface area contributed by atoms with Crippen molar-refractivity contribution in [3.63, 3.8) is 0 Å². The van der Waals surface area contributed by atoms with Crippen LogP contribution in [0.3, 0.4) is 0 Å². The van der Waals surface area contributed by atoms with Crippen LogP contribution >= 0.6 is 0 Å². The molecule has 5 nitrogen and oxygen atoms in total. The number of carbonyl (C=O) groups excluding carboxylic acids is 1. The molecule has 1 saturated heterocycles. The lowest BCUT2D eigenvalue weighted by Crippen LogP contribution is -2.48. The van der Waals surface area contributed by atoms with E-state index in [1.54, 1.807) is 4.90 Å². The standard InChI is InChI=1S/C13H24N2O3/c1-9(2)6-11(14)13(18)15-5-3-4-10(8-15)7-12(16)17/h9-11H,3-8,14H2,1-2H3,(H,16,17). The third-order valence-corrected chi connectivity index (χ3v) is 3.34. The van der Waals surface area contributed by atoms with Gasteiger partial charge in [0.05, 0.1) is 6.04 Å². The van der Waals surface area contributed by atoms with Crippen LogP contribution in [0.4, 0.5) is 0 Å². The van der Waals surface area contributed by atoms with Crippen molar-refractivity contribution in [3.8, 4) is 0 Å². The first-order valence-corrected chi connectivity index (χ1v) is 6.66. The van der Waals surface area contributed by atoms with E-state index in [0.717, 1.165) is 12.8 Å². The molecule has 2 unspecified atom stereocenters. The lowest BCUT2D eigenvalue weighted by Gasteiger charge is -2.34. The fourth-order valence-corrected chi connectivity index (χ4v) is 2.52. The molecule has 2 atom stereocenters. The zero-order chi connectivity index (χ0) is 13.7. The van der Waals surface area contributed by atoms with Gasteiger partial charge >= 0.3 is 5.97 Å². The zero-order valence-corrected chi connectivity index (χ0v) is 11.3. The van der Waals surface area contributed by atoms with Crippen LogP contribution in [0.5, 0.6) is 0 Å². The Balaban J connectivity index is 2.49. The second-order valence-corrected chi connectivity index (χ2v) is 5.63. The van der Waals surface area contributed by atoms with Gasteiger partial charge < -0.3 is 15.7 Å². The Morgan fingerprint density at radius 3 is 2.67 bits per heavy atom. The Morgan fingerprint density at radius 2 is 2.11 bits per heavy atom. The minimum Gasteiger partial charge on any atom is -0.481 e. The summed E-state index contributed by atoms with van der Waals surface area (Å²) in [5, 5.41) is 8.79. The van der Waals surface area contributed by atoms with Gasteiger partial charge in [-0.15, -0.1) is 0 Å². The number of aliphatic carboxylic acids is 1. The molecule has 0 aliphatic carbocycles. The van der Waals surface area contributed by atoms with Crippen molar-refractivity contribution in [1.82, 2.24) is 4.90 Å². The highest BCUT2D eigenvalue weighted by molar-refractivity contribution is 5.81. The van der Waals surface area contributed by atoms with Crippen molar-refractivity contribution in [1.29, 1.82) is 0 Å². The first kappa shape index (κ1) is 15.0. The number of rotatable bonds is 5. The summed E-state index contributed by atoms with van der Waals surface area (Å²) in [5.74, 6) is -0.352. The lowest BCUT2D eigenvalue weighted by atomic mass is 9.94. The zero-order valence-electron chi connectivity index (χ0n) is 11.3. The summed E-state index contributed by atoms with van der Waals surface area (Å²) in [6, 6.07) is -0.450. The van der Waals surface area contributed by atoms with E-state index in [0.29, 0.717) is 25.4 Å². The molecule has 1 fully saturated rings. The van der Waals surface area contributed by atoms with Gasteiger partial charge in [0.1, 0.15) is 0 Å². The number of carboxylic acid groups (broad SMARTS) is 1. The molecule has 0 aromatic carbocycles. The molecule has 0 aromatic rings. The van der Waals surface area contributed by atoms with Gasteiger partial charge in [0.15, 0.2) is 0 Å². The highest BCUT2D eigenvalue weighted by atomic mass is 16.4. The van der Waals surface area contributed by atoms with Crippen molar-refractivity contribution in [3.05, 3.63) is 0 Å². The molecule has 3 N–H and O–H groups in total. The van der Waals surface area contributed by atoms with E-state index < -0.39 is 12.0 Å². The van der Waals surface area contributed by atoms with Gasteiger partial charge in [0, 0.05) is 19.5 Å². The predicted octanol–water partition coefficient (Wildman–Crippen LogP) is 1.07. The highest BCUT2D eigenvalue weighted by Gasteiger charge is 2.28. The SMILES string of the molecule is CC(C)CC(N)C(=O)N1CCCC(CC(=O)O)C1. The third kappa shape index (κ3) is 4.64. The number of carboxylic acids is 1. The van der Waals surface area contributed by atoms with Crippen molar-refractivity contribution < 1.29 is 14.7 Å². The fourth-order valence-electron chi connectivity index (χ4n) is 2.52. The first-order valence-electron chi connectivity index (χ1n) is 6.66. The van der Waals surface area contributed by atoms with Crippen molar-refractivity contribution >= 4 is 11.9 Å². The minimum atomic E-state index is -0.791. The molecular formula is C13H24N2O3. The quantitative estimate of drug-likeness (QED) is 0.770. The molecule has 1 aliphatic heterocycles. The Morgan fingerprint density at radius 1 is 1.44 bits per heavy atom. The molecule has 1 heterocycles. The number of likely N-dealkylation sites (tertiary alicyclic amines) is 1. The van der Waals surface area contributed by atoms with Crippen molar-refractivity contribution in [2.45, 2.75) is 45.6 Å². The number of nitrogens with two attached hydrogens (primary N) is 1. The maximum atomic E-state index is 12.1. The van der Waals surface area contributed by atoms with E-state index in [2.05, 4.69) is 0 Å². The van der Waals surface area contributed by atoms with Gasteiger partial charge in [-0.2, -0.15) is 0 Å². The number of nitrogens with zero attached hydrogens (tertiary/aromatic N) is 1. The topological polar surface area (TPSA) is 83.6 Å². The van der Waals surface area contributed by atoms with Crippen LogP contribution in [0.1, 0.15) is 39.5 Å². The van der Waals surface area contributed by atoms with Crippen molar-refractivity contribution in [2.24, 2.45) is 17.6 Å². The van der Waals surface area contributed by atoms with E-state index in [1.807, 2.05) is 13.8 Å². The molecule has 1 amide bonds. The van der Waals surface area contributed by atoms with Crippen LogP contribution in [0, 0.1) is 11.8 Å². The number of amides is 1.